The van der Waals surface area contributed by atoms with Gasteiger partial charge in [0.05, 0.1) is 12.2 Å². The summed E-state index contributed by atoms with van der Waals surface area (Å²) in [6, 6.07) is 10.4. The van der Waals surface area contributed by atoms with Crippen LogP contribution in [-0.4, -0.2) is 40.4 Å². The van der Waals surface area contributed by atoms with Gasteiger partial charge in [0, 0.05) is 11.8 Å². The maximum atomic E-state index is 11.6. The molecule has 4 atom stereocenters. The summed E-state index contributed by atoms with van der Waals surface area (Å²) < 4.78 is 12.5. The molecule has 1 aromatic carbocycles. The summed E-state index contributed by atoms with van der Waals surface area (Å²) in [4.78, 5) is 0. The smallest absolute Gasteiger partial charge is 0.164 e. The highest BCUT2D eigenvalue weighted by Crippen LogP contribution is 2.57. The maximum absolute atomic E-state index is 11.6. The summed E-state index contributed by atoms with van der Waals surface area (Å²) in [6.07, 6.45) is 9.61. The molecule has 4 heteroatoms. The van der Waals surface area contributed by atoms with Gasteiger partial charge in [0.1, 0.15) is 12.2 Å². The van der Waals surface area contributed by atoms with Crippen molar-refractivity contribution < 1.29 is 19.7 Å². The van der Waals surface area contributed by atoms with Crippen molar-refractivity contribution in [3.8, 4) is 0 Å². The molecule has 3 aliphatic carbocycles. The highest BCUT2D eigenvalue weighted by molar-refractivity contribution is 5.57. The molecular formula is C25H30O4. The van der Waals surface area contributed by atoms with Crippen molar-refractivity contribution in [3.63, 3.8) is 0 Å². The molecule has 1 heterocycles. The van der Waals surface area contributed by atoms with Crippen LogP contribution in [0.4, 0.5) is 0 Å². The van der Waals surface area contributed by atoms with E-state index in [2.05, 4.69) is 30.3 Å². The number of hydrogen-bond donors (Lipinski definition) is 2. The summed E-state index contributed by atoms with van der Waals surface area (Å²) in [5, 5.41) is 21.7. The second-order valence-corrected chi connectivity index (χ2v) is 9.31. The van der Waals surface area contributed by atoms with Gasteiger partial charge in [-0.3, -0.25) is 0 Å². The predicted molar refractivity (Wildman–Crippen MR) is 111 cm³/mol. The molecule has 0 unspecified atom stereocenters. The first kappa shape index (κ1) is 19.3. The minimum atomic E-state index is -0.722. The zero-order chi connectivity index (χ0) is 20.2. The Morgan fingerprint density at radius 3 is 2.41 bits per heavy atom. The minimum absolute atomic E-state index is 0.000417. The van der Waals surface area contributed by atoms with E-state index in [1.54, 1.807) is 0 Å². The monoisotopic (exact) mass is 394 g/mol. The van der Waals surface area contributed by atoms with Crippen LogP contribution in [0.2, 0.25) is 0 Å². The normalized spacial score (nSPS) is 37.6. The lowest BCUT2D eigenvalue weighted by Crippen LogP contribution is -2.47. The predicted octanol–water partition coefficient (Wildman–Crippen LogP) is 4.01. The molecule has 29 heavy (non-hydrogen) atoms. The Balaban J connectivity index is 1.69. The van der Waals surface area contributed by atoms with Crippen LogP contribution in [0.3, 0.4) is 0 Å². The van der Waals surface area contributed by atoms with Crippen LogP contribution in [0, 0.1) is 5.92 Å². The third-order valence-electron chi connectivity index (χ3n) is 7.07. The first-order valence-electron chi connectivity index (χ1n) is 10.8. The molecule has 0 radical (unpaired) electrons. The molecule has 4 aliphatic rings. The van der Waals surface area contributed by atoms with Gasteiger partial charge in [0.2, 0.25) is 0 Å². The third-order valence-corrected chi connectivity index (χ3v) is 7.07. The number of hydrogen-bond acceptors (Lipinski definition) is 4. The lowest BCUT2D eigenvalue weighted by Gasteiger charge is -2.46. The van der Waals surface area contributed by atoms with Gasteiger partial charge < -0.3 is 19.7 Å². The van der Waals surface area contributed by atoms with E-state index in [-0.39, 0.29) is 30.7 Å². The first-order valence-corrected chi connectivity index (χ1v) is 10.8. The van der Waals surface area contributed by atoms with Crippen molar-refractivity contribution in [2.24, 2.45) is 5.92 Å². The van der Waals surface area contributed by atoms with Crippen LogP contribution in [0.5, 0.6) is 0 Å². The lowest BCUT2D eigenvalue weighted by molar-refractivity contribution is -0.137. The average Bonchev–Trinajstić information content (AvgIpc) is 3.24. The summed E-state index contributed by atoms with van der Waals surface area (Å²) in [7, 11) is 0. The topological polar surface area (TPSA) is 58.9 Å². The third kappa shape index (κ3) is 3.05. The molecule has 5 rings (SSSR count). The van der Waals surface area contributed by atoms with Gasteiger partial charge in [-0.2, -0.15) is 0 Å². The Hall–Kier alpha value is -1.72. The van der Waals surface area contributed by atoms with Crippen molar-refractivity contribution >= 4 is 0 Å². The van der Waals surface area contributed by atoms with Crippen LogP contribution in [0.25, 0.3) is 0 Å². The molecule has 0 amide bonds. The lowest BCUT2D eigenvalue weighted by atomic mass is 9.62. The first-order chi connectivity index (χ1) is 13.9. The van der Waals surface area contributed by atoms with Gasteiger partial charge in [-0.1, -0.05) is 61.4 Å². The Morgan fingerprint density at radius 2 is 1.72 bits per heavy atom. The van der Waals surface area contributed by atoms with Crippen LogP contribution < -0.4 is 0 Å². The molecule has 4 nitrogen and oxygen atoms in total. The number of ether oxygens (including phenoxy) is 2. The quantitative estimate of drug-likeness (QED) is 0.813. The van der Waals surface area contributed by atoms with Crippen LogP contribution in [-0.2, 0) is 9.47 Å². The highest BCUT2D eigenvalue weighted by Gasteiger charge is 2.58. The number of allylic oxidation sites excluding steroid dienone is 2. The van der Waals surface area contributed by atoms with Crippen molar-refractivity contribution in [2.75, 3.05) is 6.61 Å². The van der Waals surface area contributed by atoms with Crippen LogP contribution in [0.15, 0.2) is 65.3 Å². The van der Waals surface area contributed by atoms with E-state index in [9.17, 15) is 10.2 Å². The van der Waals surface area contributed by atoms with Crippen molar-refractivity contribution in [1.82, 2.24) is 0 Å². The molecule has 1 saturated heterocycles. The average molecular weight is 395 g/mol. The number of aliphatic hydroxyl groups excluding tert-OH is 1. The molecule has 1 aliphatic heterocycles. The van der Waals surface area contributed by atoms with Crippen LogP contribution >= 0.6 is 0 Å². The van der Waals surface area contributed by atoms with E-state index >= 15 is 0 Å². The number of benzene rings is 1. The SMILES string of the molecule is CC1(C)O[C@@H]2C3=C(/C(CO)=C\C=C/[C@@H](C4(O)CCCC4)[C@@H]3c3ccccc3)[C@@H]2O1. The molecule has 2 fully saturated rings. The Morgan fingerprint density at radius 1 is 1.03 bits per heavy atom. The fourth-order valence-electron chi connectivity index (χ4n) is 5.81. The fourth-order valence-corrected chi connectivity index (χ4v) is 5.81. The Labute approximate surface area is 172 Å². The summed E-state index contributed by atoms with van der Waals surface area (Å²) in [5.74, 6) is -0.701. The van der Waals surface area contributed by atoms with Gasteiger partial charge in [0.25, 0.3) is 0 Å². The number of aliphatic hydroxyl groups is 2. The second kappa shape index (κ2) is 6.92. The van der Waals surface area contributed by atoms with Crippen molar-refractivity contribution in [3.05, 3.63) is 70.8 Å². The van der Waals surface area contributed by atoms with E-state index < -0.39 is 11.4 Å². The van der Waals surface area contributed by atoms with Gasteiger partial charge in [-0.25, -0.2) is 0 Å². The van der Waals surface area contributed by atoms with Gasteiger partial charge >= 0.3 is 0 Å². The molecule has 2 N–H and O–H groups in total. The largest absolute Gasteiger partial charge is 0.392 e. The fraction of sp³-hybridized carbons (Fsp3) is 0.520. The van der Waals surface area contributed by atoms with E-state index in [0.29, 0.717) is 0 Å². The zero-order valence-electron chi connectivity index (χ0n) is 17.2. The van der Waals surface area contributed by atoms with Crippen LogP contribution in [0.1, 0.15) is 51.0 Å². The Bertz CT molecular complexity index is 873. The Kier molecular flexibility index (Phi) is 4.59. The van der Waals surface area contributed by atoms with Crippen molar-refractivity contribution in [1.29, 1.82) is 0 Å². The second-order valence-electron chi connectivity index (χ2n) is 9.31. The van der Waals surface area contributed by atoms with E-state index in [0.717, 1.165) is 36.8 Å². The molecule has 0 spiro atoms. The highest BCUT2D eigenvalue weighted by atomic mass is 16.8. The molecule has 1 saturated carbocycles. The molecule has 1 aromatic rings. The number of fused-ring (bicyclic) bond motifs is 3. The molecular weight excluding hydrogens is 364 g/mol. The number of rotatable bonds is 3. The standard InChI is InChI=1S/C25H30O4/c1-24(2)28-22-20-17(15-26)11-8-12-18(25(27)13-6-7-14-25)19(21(20)23(22)29-24)16-9-4-3-5-10-16/h3-5,8-12,18-19,22-23,26-27H,6-7,13-15H2,1-2H3/b12-8-,17-11-/t18-,19+,22+,23-/m1/s1. The molecule has 0 bridgehead atoms. The van der Waals surface area contributed by atoms with Gasteiger partial charge in [0.15, 0.2) is 5.79 Å². The maximum Gasteiger partial charge on any atom is 0.164 e. The van der Waals surface area contributed by atoms with E-state index in [1.807, 2.05) is 32.1 Å². The summed E-state index contributed by atoms with van der Waals surface area (Å²) in [6.45, 7) is 3.85. The van der Waals surface area contributed by atoms with Gasteiger partial charge in [-0.05, 0) is 49.0 Å². The van der Waals surface area contributed by atoms with Crippen molar-refractivity contribution in [2.45, 2.75) is 69.0 Å². The summed E-state index contributed by atoms with van der Waals surface area (Å²) >= 11 is 0. The molecule has 0 aromatic heterocycles. The van der Waals surface area contributed by atoms with E-state index in [4.69, 9.17) is 9.47 Å². The minimum Gasteiger partial charge on any atom is -0.392 e. The van der Waals surface area contributed by atoms with Gasteiger partial charge in [-0.15, -0.1) is 0 Å². The zero-order valence-corrected chi connectivity index (χ0v) is 17.2. The summed E-state index contributed by atoms with van der Waals surface area (Å²) in [5.41, 5.74) is 3.58. The molecule has 154 valence electrons. The van der Waals surface area contributed by atoms with E-state index in [1.165, 1.54) is 11.1 Å².